The highest BCUT2D eigenvalue weighted by atomic mass is 32.2. The van der Waals surface area contributed by atoms with Gasteiger partial charge in [-0.15, -0.1) is 0 Å². The third kappa shape index (κ3) is 20.3. The lowest BCUT2D eigenvalue weighted by Crippen LogP contribution is -2.24. The summed E-state index contributed by atoms with van der Waals surface area (Å²) >= 11 is 1.80. The fraction of sp³-hybridized carbons (Fsp3) is 0.957. The maximum absolute atomic E-state index is 10.9. The average Bonchev–Trinajstić information content (AvgIpc) is 2.65. The summed E-state index contributed by atoms with van der Waals surface area (Å²) in [5.74, 6) is 0.379. The number of carbonyl (C=O) groups excluding carboxylic acids is 1. The van der Waals surface area contributed by atoms with Gasteiger partial charge in [0, 0.05) is 17.9 Å². The molecule has 4 heteroatoms. The van der Waals surface area contributed by atoms with Crippen LogP contribution in [0.3, 0.4) is 0 Å². The zero-order valence-corrected chi connectivity index (χ0v) is 19.2. The van der Waals surface area contributed by atoms with Crippen LogP contribution in [-0.2, 0) is 9.53 Å². The molecule has 0 aromatic carbocycles. The van der Waals surface area contributed by atoms with Crippen molar-refractivity contribution < 1.29 is 14.6 Å². The Bertz CT molecular complexity index is 323. The summed E-state index contributed by atoms with van der Waals surface area (Å²) in [5.41, 5.74) is 0. The summed E-state index contributed by atoms with van der Waals surface area (Å²) in [4.78, 5) is 10.9. The monoisotopic (exact) mass is 402 g/mol. The highest BCUT2D eigenvalue weighted by molar-refractivity contribution is 7.99. The van der Waals surface area contributed by atoms with Crippen molar-refractivity contribution >= 4 is 17.7 Å². The van der Waals surface area contributed by atoms with Gasteiger partial charge in [0.25, 0.3) is 0 Å². The van der Waals surface area contributed by atoms with Crippen molar-refractivity contribution in [2.45, 2.75) is 128 Å². The number of rotatable bonds is 20. The molecule has 27 heavy (non-hydrogen) atoms. The maximum atomic E-state index is 10.9. The Morgan fingerprint density at radius 2 is 1.30 bits per heavy atom. The molecule has 162 valence electrons. The molecule has 3 nitrogen and oxygen atoms in total. The summed E-state index contributed by atoms with van der Waals surface area (Å²) in [6.07, 6.45) is 20.4. The normalized spacial score (nSPS) is 13.5. The molecule has 0 saturated heterocycles. The molecule has 0 aliphatic heterocycles. The van der Waals surface area contributed by atoms with Crippen LogP contribution in [0.1, 0.15) is 117 Å². The number of unbranched alkanes of at least 4 members (excludes halogenated alkanes) is 13. The van der Waals surface area contributed by atoms with Gasteiger partial charge >= 0.3 is 5.97 Å². The molecule has 0 aliphatic carbocycles. The Morgan fingerprint density at radius 1 is 0.852 bits per heavy atom. The third-order valence-electron chi connectivity index (χ3n) is 5.07. The minimum atomic E-state index is -0.355. The van der Waals surface area contributed by atoms with Crippen LogP contribution < -0.4 is 0 Å². The largest absolute Gasteiger partial charge is 0.459 e. The first-order valence-corrected chi connectivity index (χ1v) is 12.5. The summed E-state index contributed by atoms with van der Waals surface area (Å²) < 4.78 is 5.07. The van der Waals surface area contributed by atoms with Gasteiger partial charge in [-0.3, -0.25) is 4.79 Å². The molecule has 0 rings (SSSR count). The minimum Gasteiger partial charge on any atom is -0.459 e. The van der Waals surface area contributed by atoms with Gasteiger partial charge in [0.05, 0.1) is 6.61 Å². The van der Waals surface area contributed by atoms with Crippen molar-refractivity contribution in [3.05, 3.63) is 0 Å². The molecule has 0 aromatic heterocycles. The molecule has 1 N–H and O–H groups in total. The minimum absolute atomic E-state index is 0.0852. The molecule has 2 unspecified atom stereocenters. The molecule has 0 saturated carbocycles. The first-order chi connectivity index (χ1) is 13.1. The highest BCUT2D eigenvalue weighted by Crippen LogP contribution is 2.20. The third-order valence-corrected chi connectivity index (χ3v) is 6.44. The standard InChI is InChI=1S/C23H46O3S/c1-4-5-6-7-8-9-10-11-12-13-14-15-16-17-18-21(2)27-20-23(19-24)26-22(3)25/h21,23-24H,4-20H2,1-3H3. The SMILES string of the molecule is CCCCCCCCCCCCCCCCC(C)SCC(CO)OC(C)=O. The molecule has 0 fully saturated rings. The second-order valence-corrected chi connectivity index (χ2v) is 9.41. The fourth-order valence-corrected chi connectivity index (χ4v) is 4.39. The Morgan fingerprint density at radius 3 is 1.70 bits per heavy atom. The molecule has 0 bridgehead atoms. The van der Waals surface area contributed by atoms with Gasteiger partial charge in [0.15, 0.2) is 0 Å². The molecule has 0 spiro atoms. The summed E-state index contributed by atoms with van der Waals surface area (Å²) in [6.45, 7) is 5.82. The number of ether oxygens (including phenoxy) is 1. The van der Waals surface area contributed by atoms with E-state index < -0.39 is 0 Å². The predicted octanol–water partition coefficient (Wildman–Crippen LogP) is 6.90. The van der Waals surface area contributed by atoms with Gasteiger partial charge in [0.2, 0.25) is 0 Å². The van der Waals surface area contributed by atoms with E-state index in [0.717, 1.165) is 0 Å². The summed E-state index contributed by atoms with van der Waals surface area (Å²) in [5, 5.41) is 9.77. The van der Waals surface area contributed by atoms with Crippen LogP contribution in [0.2, 0.25) is 0 Å². The van der Waals surface area contributed by atoms with E-state index in [-0.39, 0.29) is 18.7 Å². The molecule has 0 aliphatic rings. The number of aliphatic hydroxyl groups is 1. The lowest BCUT2D eigenvalue weighted by molar-refractivity contribution is -0.146. The fourth-order valence-electron chi connectivity index (χ4n) is 3.34. The second-order valence-electron chi connectivity index (χ2n) is 7.94. The van der Waals surface area contributed by atoms with Crippen LogP contribution in [-0.4, -0.2) is 34.8 Å². The Labute approximate surface area is 173 Å². The Balaban J connectivity index is 3.30. The van der Waals surface area contributed by atoms with Crippen LogP contribution >= 0.6 is 11.8 Å². The van der Waals surface area contributed by atoms with Gasteiger partial charge in [-0.2, -0.15) is 11.8 Å². The molecule has 0 aromatic rings. The lowest BCUT2D eigenvalue weighted by atomic mass is 10.0. The van der Waals surface area contributed by atoms with Crippen LogP contribution in [0.4, 0.5) is 0 Å². The van der Waals surface area contributed by atoms with Crippen molar-refractivity contribution in [3.8, 4) is 0 Å². The quantitative estimate of drug-likeness (QED) is 0.178. The topological polar surface area (TPSA) is 46.5 Å². The first-order valence-electron chi connectivity index (χ1n) is 11.5. The van der Waals surface area contributed by atoms with E-state index in [0.29, 0.717) is 11.0 Å². The first kappa shape index (κ1) is 26.8. The molecule has 0 radical (unpaired) electrons. The van der Waals surface area contributed by atoms with E-state index >= 15 is 0 Å². The van der Waals surface area contributed by atoms with Crippen LogP contribution in [0, 0.1) is 0 Å². The summed E-state index contributed by atoms with van der Waals surface area (Å²) in [6, 6.07) is 0. The van der Waals surface area contributed by atoms with Gasteiger partial charge in [-0.25, -0.2) is 0 Å². The Kier molecular flexibility index (Phi) is 20.3. The van der Waals surface area contributed by atoms with Crippen molar-refractivity contribution in [1.82, 2.24) is 0 Å². The van der Waals surface area contributed by atoms with Crippen molar-refractivity contribution in [3.63, 3.8) is 0 Å². The van der Waals surface area contributed by atoms with E-state index in [9.17, 15) is 9.90 Å². The smallest absolute Gasteiger partial charge is 0.303 e. The van der Waals surface area contributed by atoms with E-state index in [2.05, 4.69) is 13.8 Å². The van der Waals surface area contributed by atoms with Gasteiger partial charge in [-0.05, 0) is 6.42 Å². The number of aliphatic hydroxyl groups excluding tert-OH is 1. The van der Waals surface area contributed by atoms with Gasteiger partial charge < -0.3 is 9.84 Å². The zero-order chi connectivity index (χ0) is 20.2. The number of carbonyl (C=O) groups is 1. The van der Waals surface area contributed by atoms with Crippen molar-refractivity contribution in [2.75, 3.05) is 12.4 Å². The van der Waals surface area contributed by atoms with Gasteiger partial charge in [0.1, 0.15) is 6.10 Å². The van der Waals surface area contributed by atoms with Crippen LogP contribution in [0.25, 0.3) is 0 Å². The van der Waals surface area contributed by atoms with Crippen LogP contribution in [0.5, 0.6) is 0 Å². The van der Waals surface area contributed by atoms with Gasteiger partial charge in [-0.1, -0.05) is 104 Å². The van der Waals surface area contributed by atoms with Crippen molar-refractivity contribution in [1.29, 1.82) is 0 Å². The highest BCUT2D eigenvalue weighted by Gasteiger charge is 2.13. The Hall–Kier alpha value is -0.220. The van der Waals surface area contributed by atoms with Crippen molar-refractivity contribution in [2.24, 2.45) is 0 Å². The molecule has 2 atom stereocenters. The number of hydrogen-bond donors (Lipinski definition) is 1. The van der Waals surface area contributed by atoms with Crippen LogP contribution in [0.15, 0.2) is 0 Å². The number of esters is 1. The van der Waals surface area contributed by atoms with E-state index in [1.165, 1.54) is 103 Å². The van der Waals surface area contributed by atoms with E-state index in [4.69, 9.17) is 4.74 Å². The number of thioether (sulfide) groups is 1. The second kappa shape index (κ2) is 20.5. The molecule has 0 amide bonds. The molecular weight excluding hydrogens is 356 g/mol. The van der Waals surface area contributed by atoms with E-state index in [1.54, 1.807) is 11.8 Å². The molecular formula is C23H46O3S. The summed E-state index contributed by atoms with van der Waals surface area (Å²) in [7, 11) is 0. The zero-order valence-electron chi connectivity index (χ0n) is 18.3. The average molecular weight is 403 g/mol. The predicted molar refractivity (Wildman–Crippen MR) is 119 cm³/mol. The van der Waals surface area contributed by atoms with E-state index in [1.807, 2.05) is 0 Å². The maximum Gasteiger partial charge on any atom is 0.303 e. The number of hydrogen-bond acceptors (Lipinski definition) is 4. The lowest BCUT2D eigenvalue weighted by Gasteiger charge is -2.17. The molecule has 0 heterocycles.